The summed E-state index contributed by atoms with van der Waals surface area (Å²) in [7, 11) is 0. The minimum atomic E-state index is -0.0420. The number of likely N-dealkylation sites (tertiary alicyclic amines) is 1. The number of hydrogen-bond donors (Lipinski definition) is 0. The van der Waals surface area contributed by atoms with Gasteiger partial charge in [-0.05, 0) is 74.8 Å². The number of hydrogen-bond acceptors (Lipinski definition) is 4. The van der Waals surface area contributed by atoms with Gasteiger partial charge in [0.25, 0.3) is 5.91 Å². The molecule has 1 amide bonds. The molecule has 5 nitrogen and oxygen atoms in total. The van der Waals surface area contributed by atoms with E-state index in [0.29, 0.717) is 28.7 Å². The van der Waals surface area contributed by atoms with E-state index in [1.165, 1.54) is 32.4 Å². The SMILES string of the molecule is O=C(c1ccc(Cl)cc1Cl)N1CCN(c2ccc(OCCCN3CCCCC3)cc2)CC1. The lowest BCUT2D eigenvalue weighted by Crippen LogP contribution is -2.48. The summed E-state index contributed by atoms with van der Waals surface area (Å²) in [5.41, 5.74) is 1.66. The number of carbonyl (C=O) groups is 1. The van der Waals surface area contributed by atoms with Crippen molar-refractivity contribution in [3.05, 3.63) is 58.1 Å². The Kier molecular flexibility index (Phi) is 8.17. The number of ether oxygens (including phenoxy) is 1. The zero-order chi connectivity index (χ0) is 22.3. The van der Waals surface area contributed by atoms with Gasteiger partial charge < -0.3 is 19.4 Å². The van der Waals surface area contributed by atoms with Crippen LogP contribution in [0, 0.1) is 0 Å². The second kappa shape index (κ2) is 11.3. The molecule has 2 aromatic rings. The first kappa shape index (κ1) is 23.2. The van der Waals surface area contributed by atoms with Crippen LogP contribution in [0.4, 0.5) is 5.69 Å². The Morgan fingerprint density at radius 1 is 0.875 bits per heavy atom. The van der Waals surface area contributed by atoms with Crippen LogP contribution in [0.5, 0.6) is 5.75 Å². The Bertz CT molecular complexity index is 893. The second-order valence-electron chi connectivity index (χ2n) is 8.50. The Balaban J connectivity index is 1.22. The molecule has 0 spiro atoms. The maximum absolute atomic E-state index is 12.8. The third kappa shape index (κ3) is 6.09. The van der Waals surface area contributed by atoms with E-state index >= 15 is 0 Å². The third-order valence-electron chi connectivity index (χ3n) is 6.27. The molecule has 32 heavy (non-hydrogen) atoms. The zero-order valence-corrected chi connectivity index (χ0v) is 20.0. The molecule has 2 saturated heterocycles. The van der Waals surface area contributed by atoms with Crippen molar-refractivity contribution in [3.63, 3.8) is 0 Å². The number of amides is 1. The van der Waals surface area contributed by atoms with Gasteiger partial charge >= 0.3 is 0 Å². The van der Waals surface area contributed by atoms with Gasteiger partial charge in [0.05, 0.1) is 17.2 Å². The number of piperazine rings is 1. The monoisotopic (exact) mass is 475 g/mol. The molecule has 0 bridgehead atoms. The highest BCUT2D eigenvalue weighted by atomic mass is 35.5. The van der Waals surface area contributed by atoms with Gasteiger partial charge in [-0.25, -0.2) is 0 Å². The van der Waals surface area contributed by atoms with Gasteiger partial charge in [-0.15, -0.1) is 0 Å². The zero-order valence-electron chi connectivity index (χ0n) is 18.4. The summed E-state index contributed by atoms with van der Waals surface area (Å²) in [6, 6.07) is 13.3. The van der Waals surface area contributed by atoms with Gasteiger partial charge in [-0.1, -0.05) is 29.6 Å². The second-order valence-corrected chi connectivity index (χ2v) is 9.35. The van der Waals surface area contributed by atoms with Crippen LogP contribution in [0.3, 0.4) is 0 Å². The normalized spacial score (nSPS) is 17.4. The van der Waals surface area contributed by atoms with Gasteiger partial charge in [0.1, 0.15) is 5.75 Å². The van der Waals surface area contributed by atoms with Crippen LogP contribution in [-0.2, 0) is 0 Å². The molecule has 2 aliphatic heterocycles. The van der Waals surface area contributed by atoms with Crippen LogP contribution in [0.1, 0.15) is 36.0 Å². The highest BCUT2D eigenvalue weighted by molar-refractivity contribution is 6.36. The van der Waals surface area contributed by atoms with Crippen LogP contribution in [-0.4, -0.2) is 68.1 Å². The summed E-state index contributed by atoms with van der Waals surface area (Å²) in [5, 5.41) is 0.933. The maximum atomic E-state index is 12.8. The minimum absolute atomic E-state index is 0.0420. The molecular weight excluding hydrogens is 445 g/mol. The summed E-state index contributed by atoms with van der Waals surface area (Å²) in [5.74, 6) is 0.873. The fourth-order valence-electron chi connectivity index (χ4n) is 4.42. The molecule has 2 aliphatic rings. The van der Waals surface area contributed by atoms with E-state index in [1.54, 1.807) is 18.2 Å². The quantitative estimate of drug-likeness (QED) is 0.514. The summed E-state index contributed by atoms with van der Waals surface area (Å²) in [4.78, 5) is 19.5. The lowest BCUT2D eigenvalue weighted by Gasteiger charge is -2.36. The molecule has 0 aromatic heterocycles. The van der Waals surface area contributed by atoms with Crippen LogP contribution in [0.15, 0.2) is 42.5 Å². The van der Waals surface area contributed by atoms with E-state index in [1.807, 2.05) is 17.0 Å². The Morgan fingerprint density at radius 3 is 2.28 bits per heavy atom. The number of rotatable bonds is 7. The van der Waals surface area contributed by atoms with Crippen molar-refractivity contribution >= 4 is 34.8 Å². The summed E-state index contributed by atoms with van der Waals surface area (Å²) >= 11 is 12.2. The van der Waals surface area contributed by atoms with E-state index < -0.39 is 0 Å². The Hall–Kier alpha value is -1.95. The highest BCUT2D eigenvalue weighted by Crippen LogP contribution is 2.25. The van der Waals surface area contributed by atoms with Crippen molar-refractivity contribution in [1.29, 1.82) is 0 Å². The van der Waals surface area contributed by atoms with E-state index in [9.17, 15) is 4.79 Å². The molecule has 2 fully saturated rings. The largest absolute Gasteiger partial charge is 0.494 e. The van der Waals surface area contributed by atoms with Crippen molar-refractivity contribution in [2.24, 2.45) is 0 Å². The average Bonchev–Trinajstić information content (AvgIpc) is 2.83. The number of carbonyl (C=O) groups excluding carboxylic acids is 1. The van der Waals surface area contributed by atoms with Crippen LogP contribution in [0.2, 0.25) is 10.0 Å². The first-order chi connectivity index (χ1) is 15.6. The number of nitrogens with zero attached hydrogens (tertiary/aromatic N) is 3. The molecule has 2 aromatic carbocycles. The molecule has 0 radical (unpaired) electrons. The molecule has 4 rings (SSSR count). The third-order valence-corrected chi connectivity index (χ3v) is 6.81. The lowest BCUT2D eigenvalue weighted by molar-refractivity contribution is 0.0747. The van der Waals surface area contributed by atoms with E-state index in [4.69, 9.17) is 27.9 Å². The van der Waals surface area contributed by atoms with Crippen molar-refractivity contribution in [2.45, 2.75) is 25.7 Å². The van der Waals surface area contributed by atoms with E-state index in [2.05, 4.69) is 21.9 Å². The smallest absolute Gasteiger partial charge is 0.255 e. The highest BCUT2D eigenvalue weighted by Gasteiger charge is 2.24. The van der Waals surface area contributed by atoms with Gasteiger partial charge in [-0.3, -0.25) is 4.79 Å². The van der Waals surface area contributed by atoms with Crippen LogP contribution in [0.25, 0.3) is 0 Å². The molecule has 172 valence electrons. The molecule has 0 atom stereocenters. The average molecular weight is 476 g/mol. The van der Waals surface area contributed by atoms with Crippen LogP contribution >= 0.6 is 23.2 Å². The fraction of sp³-hybridized carbons (Fsp3) is 0.480. The van der Waals surface area contributed by atoms with Crippen molar-refractivity contribution < 1.29 is 9.53 Å². The summed E-state index contributed by atoms with van der Waals surface area (Å²) < 4.78 is 5.94. The topological polar surface area (TPSA) is 36.0 Å². The van der Waals surface area contributed by atoms with Crippen molar-refractivity contribution in [3.8, 4) is 5.75 Å². The lowest BCUT2D eigenvalue weighted by atomic mass is 10.1. The molecule has 0 N–H and O–H groups in total. The van der Waals surface area contributed by atoms with Crippen molar-refractivity contribution in [2.75, 3.05) is 57.3 Å². The maximum Gasteiger partial charge on any atom is 0.255 e. The predicted octanol–water partition coefficient (Wildman–Crippen LogP) is 5.21. The predicted molar refractivity (Wildman–Crippen MR) is 131 cm³/mol. The number of piperidine rings is 1. The first-order valence-electron chi connectivity index (χ1n) is 11.5. The summed E-state index contributed by atoms with van der Waals surface area (Å²) in [6.07, 6.45) is 5.11. The van der Waals surface area contributed by atoms with E-state index in [-0.39, 0.29) is 5.91 Å². The van der Waals surface area contributed by atoms with Gasteiger partial charge in [0, 0.05) is 43.4 Å². The molecular formula is C25H31Cl2N3O2. The standard InChI is InChI=1S/C25H31Cl2N3O2/c26-20-5-10-23(24(27)19-20)25(31)30-16-14-29(15-17-30)21-6-8-22(9-7-21)32-18-4-13-28-11-2-1-3-12-28/h5-10,19H,1-4,11-18H2. The Morgan fingerprint density at radius 2 is 1.59 bits per heavy atom. The molecule has 0 unspecified atom stereocenters. The molecule has 0 saturated carbocycles. The Labute approximate surface area is 200 Å². The van der Waals surface area contributed by atoms with Crippen LogP contribution < -0.4 is 9.64 Å². The van der Waals surface area contributed by atoms with Gasteiger partial charge in [0.2, 0.25) is 0 Å². The van der Waals surface area contributed by atoms with Crippen molar-refractivity contribution in [1.82, 2.24) is 9.80 Å². The summed E-state index contributed by atoms with van der Waals surface area (Å²) in [6.45, 7) is 7.24. The number of halogens is 2. The number of anilines is 1. The fourth-order valence-corrected chi connectivity index (χ4v) is 4.90. The first-order valence-corrected chi connectivity index (χ1v) is 12.3. The van der Waals surface area contributed by atoms with E-state index in [0.717, 1.165) is 44.1 Å². The molecule has 0 aliphatic carbocycles. The molecule has 2 heterocycles. The molecule has 7 heteroatoms. The minimum Gasteiger partial charge on any atom is -0.494 e. The van der Waals surface area contributed by atoms with Gasteiger partial charge in [0.15, 0.2) is 0 Å². The van der Waals surface area contributed by atoms with Gasteiger partial charge in [-0.2, -0.15) is 0 Å². The number of benzene rings is 2.